The van der Waals surface area contributed by atoms with Crippen LogP contribution < -0.4 is 5.73 Å². The molecular formula is C9H11F3N2O2. The van der Waals surface area contributed by atoms with Gasteiger partial charge in [0.15, 0.2) is 6.29 Å². The fourth-order valence-corrected chi connectivity index (χ4v) is 1.31. The van der Waals surface area contributed by atoms with E-state index in [1.807, 2.05) is 0 Å². The van der Waals surface area contributed by atoms with E-state index in [-0.39, 0.29) is 11.3 Å². The predicted octanol–water partition coefficient (Wildman–Crippen LogP) is 1.97. The van der Waals surface area contributed by atoms with Gasteiger partial charge in [-0.1, -0.05) is 0 Å². The molecule has 0 atom stereocenters. The maximum Gasteiger partial charge on any atom is 0.418 e. The molecule has 1 aromatic rings. The SMILES string of the molecule is COC(OC)c1c(N)cncc1C(F)(F)F. The van der Waals surface area contributed by atoms with Crippen LogP contribution in [-0.2, 0) is 15.7 Å². The van der Waals surface area contributed by atoms with Crippen molar-refractivity contribution in [3.05, 3.63) is 23.5 Å². The monoisotopic (exact) mass is 236 g/mol. The quantitative estimate of drug-likeness (QED) is 0.815. The van der Waals surface area contributed by atoms with Crippen LogP contribution in [0.2, 0.25) is 0 Å². The molecule has 1 heterocycles. The van der Waals surface area contributed by atoms with E-state index in [0.717, 1.165) is 6.20 Å². The van der Waals surface area contributed by atoms with Crippen molar-refractivity contribution in [2.75, 3.05) is 20.0 Å². The zero-order valence-electron chi connectivity index (χ0n) is 8.71. The van der Waals surface area contributed by atoms with Crippen molar-refractivity contribution >= 4 is 5.69 Å². The fourth-order valence-electron chi connectivity index (χ4n) is 1.31. The topological polar surface area (TPSA) is 57.4 Å². The fraction of sp³-hybridized carbons (Fsp3) is 0.444. The van der Waals surface area contributed by atoms with E-state index in [2.05, 4.69) is 4.98 Å². The second-order valence-corrected chi connectivity index (χ2v) is 2.99. The van der Waals surface area contributed by atoms with Gasteiger partial charge in [-0.15, -0.1) is 0 Å². The Bertz CT molecular complexity index is 364. The number of pyridine rings is 1. The number of methoxy groups -OCH3 is 2. The van der Waals surface area contributed by atoms with Gasteiger partial charge in [-0.25, -0.2) is 0 Å². The third kappa shape index (κ3) is 2.42. The molecule has 0 unspecified atom stereocenters. The number of ether oxygens (including phenoxy) is 2. The standard InChI is InChI=1S/C9H11F3N2O2/c1-15-8(16-2)7-5(9(10,11)12)3-14-4-6(7)13/h3-4,8H,13H2,1-2H3. The lowest BCUT2D eigenvalue weighted by Gasteiger charge is -2.20. The lowest BCUT2D eigenvalue weighted by molar-refractivity contribution is -0.147. The van der Waals surface area contributed by atoms with Gasteiger partial charge in [0.05, 0.1) is 17.4 Å². The largest absolute Gasteiger partial charge is 0.418 e. The first kappa shape index (κ1) is 12.7. The highest BCUT2D eigenvalue weighted by atomic mass is 19.4. The number of anilines is 1. The van der Waals surface area contributed by atoms with Crippen LogP contribution in [0.5, 0.6) is 0 Å². The molecule has 0 radical (unpaired) electrons. The molecule has 90 valence electrons. The zero-order valence-corrected chi connectivity index (χ0v) is 8.71. The smallest absolute Gasteiger partial charge is 0.397 e. The molecule has 0 fully saturated rings. The third-order valence-corrected chi connectivity index (χ3v) is 1.99. The minimum atomic E-state index is -4.55. The molecule has 4 nitrogen and oxygen atoms in total. The van der Waals surface area contributed by atoms with Crippen LogP contribution in [0.3, 0.4) is 0 Å². The lowest BCUT2D eigenvalue weighted by atomic mass is 10.1. The van der Waals surface area contributed by atoms with Crippen molar-refractivity contribution in [3.63, 3.8) is 0 Å². The van der Waals surface area contributed by atoms with Crippen molar-refractivity contribution in [3.8, 4) is 0 Å². The lowest BCUT2D eigenvalue weighted by Crippen LogP contribution is -2.17. The zero-order chi connectivity index (χ0) is 12.3. The molecule has 0 aliphatic rings. The summed E-state index contributed by atoms with van der Waals surface area (Å²) >= 11 is 0. The molecule has 0 saturated heterocycles. The maximum atomic E-state index is 12.7. The highest BCUT2D eigenvalue weighted by molar-refractivity contribution is 5.50. The number of aromatic nitrogens is 1. The Morgan fingerprint density at radius 1 is 1.25 bits per heavy atom. The highest BCUT2D eigenvalue weighted by Crippen LogP contribution is 2.37. The molecule has 1 rings (SSSR count). The Kier molecular flexibility index (Phi) is 3.71. The van der Waals surface area contributed by atoms with E-state index in [0.29, 0.717) is 6.20 Å². The Hall–Kier alpha value is -1.34. The summed E-state index contributed by atoms with van der Waals surface area (Å²) in [6, 6.07) is 0. The molecule has 0 bridgehead atoms. The summed E-state index contributed by atoms with van der Waals surface area (Å²) in [4.78, 5) is 3.41. The van der Waals surface area contributed by atoms with Gasteiger partial charge in [-0.2, -0.15) is 13.2 Å². The molecule has 1 aromatic heterocycles. The number of rotatable bonds is 3. The normalized spacial score (nSPS) is 12.1. The van der Waals surface area contributed by atoms with Crippen LogP contribution in [0.4, 0.5) is 18.9 Å². The summed E-state index contributed by atoms with van der Waals surface area (Å²) in [5, 5.41) is 0. The van der Waals surface area contributed by atoms with E-state index in [1.54, 1.807) is 0 Å². The average molecular weight is 236 g/mol. The summed E-state index contributed by atoms with van der Waals surface area (Å²) < 4.78 is 47.5. The van der Waals surface area contributed by atoms with E-state index < -0.39 is 18.0 Å². The highest BCUT2D eigenvalue weighted by Gasteiger charge is 2.37. The predicted molar refractivity (Wildman–Crippen MR) is 50.4 cm³/mol. The molecule has 0 amide bonds. The second kappa shape index (κ2) is 4.67. The summed E-state index contributed by atoms with van der Waals surface area (Å²) in [6.07, 6.45) is -3.90. The van der Waals surface area contributed by atoms with Crippen molar-refractivity contribution in [2.24, 2.45) is 0 Å². The Morgan fingerprint density at radius 2 is 1.81 bits per heavy atom. The van der Waals surface area contributed by atoms with Gasteiger partial charge < -0.3 is 15.2 Å². The first-order valence-electron chi connectivity index (χ1n) is 4.28. The van der Waals surface area contributed by atoms with Crippen LogP contribution in [0.25, 0.3) is 0 Å². The average Bonchev–Trinajstić information content (AvgIpc) is 2.20. The number of hydrogen-bond donors (Lipinski definition) is 1. The molecule has 0 spiro atoms. The molecule has 0 saturated carbocycles. The number of nitrogen functional groups attached to an aromatic ring is 1. The van der Waals surface area contributed by atoms with Crippen LogP contribution in [0, 0.1) is 0 Å². The van der Waals surface area contributed by atoms with Crippen LogP contribution in [0.1, 0.15) is 17.4 Å². The van der Waals surface area contributed by atoms with Gasteiger partial charge in [0.25, 0.3) is 0 Å². The van der Waals surface area contributed by atoms with Gasteiger partial charge in [-0.3, -0.25) is 4.98 Å². The van der Waals surface area contributed by atoms with Gasteiger partial charge >= 0.3 is 6.18 Å². The van der Waals surface area contributed by atoms with Crippen LogP contribution in [0.15, 0.2) is 12.4 Å². The summed E-state index contributed by atoms with van der Waals surface area (Å²) in [5.74, 6) is 0. The van der Waals surface area contributed by atoms with Crippen molar-refractivity contribution in [1.29, 1.82) is 0 Å². The first-order valence-corrected chi connectivity index (χ1v) is 4.28. The molecule has 16 heavy (non-hydrogen) atoms. The molecule has 0 aromatic carbocycles. The number of nitrogens with zero attached hydrogens (tertiary/aromatic N) is 1. The van der Waals surface area contributed by atoms with E-state index in [1.165, 1.54) is 14.2 Å². The van der Waals surface area contributed by atoms with Gasteiger partial charge in [0, 0.05) is 26.0 Å². The minimum Gasteiger partial charge on any atom is -0.397 e. The summed E-state index contributed by atoms with van der Waals surface area (Å²) in [6.45, 7) is 0. The first-order chi connectivity index (χ1) is 7.41. The maximum absolute atomic E-state index is 12.7. The van der Waals surface area contributed by atoms with Crippen LogP contribution in [-0.4, -0.2) is 19.2 Å². The van der Waals surface area contributed by atoms with Crippen molar-refractivity contribution in [2.45, 2.75) is 12.5 Å². The van der Waals surface area contributed by atoms with Gasteiger partial charge in [0.1, 0.15) is 0 Å². The molecule has 7 heteroatoms. The Balaban J connectivity index is 3.34. The molecule has 0 aliphatic carbocycles. The number of halogens is 3. The summed E-state index contributed by atoms with van der Waals surface area (Å²) in [7, 11) is 2.46. The minimum absolute atomic E-state index is 0.122. The van der Waals surface area contributed by atoms with Gasteiger partial charge in [-0.05, 0) is 0 Å². The summed E-state index contributed by atoms with van der Waals surface area (Å²) in [5.41, 5.74) is 4.11. The Labute approximate surface area is 90.2 Å². The van der Waals surface area contributed by atoms with Crippen molar-refractivity contribution in [1.82, 2.24) is 4.98 Å². The van der Waals surface area contributed by atoms with Crippen molar-refractivity contribution < 1.29 is 22.6 Å². The van der Waals surface area contributed by atoms with E-state index in [4.69, 9.17) is 15.2 Å². The van der Waals surface area contributed by atoms with Crippen LogP contribution >= 0.6 is 0 Å². The van der Waals surface area contributed by atoms with E-state index >= 15 is 0 Å². The number of hydrogen-bond acceptors (Lipinski definition) is 4. The molecular weight excluding hydrogens is 225 g/mol. The number of alkyl halides is 3. The molecule has 0 aliphatic heterocycles. The third-order valence-electron chi connectivity index (χ3n) is 1.99. The van der Waals surface area contributed by atoms with E-state index in [9.17, 15) is 13.2 Å². The second-order valence-electron chi connectivity index (χ2n) is 2.99. The molecule has 2 N–H and O–H groups in total. The van der Waals surface area contributed by atoms with Gasteiger partial charge in [0.2, 0.25) is 0 Å². The number of nitrogens with two attached hydrogens (primary N) is 1. The Morgan fingerprint density at radius 3 is 2.25 bits per heavy atom.